The van der Waals surface area contributed by atoms with E-state index in [1.54, 1.807) is 0 Å². The van der Waals surface area contributed by atoms with Gasteiger partial charge in [-0.05, 0) is 62.6 Å². The van der Waals surface area contributed by atoms with E-state index in [0.717, 1.165) is 30.7 Å². The number of halogens is 3. The molecule has 0 spiro atoms. The van der Waals surface area contributed by atoms with Crippen molar-refractivity contribution in [2.45, 2.75) is 81.8 Å². The standard InChI is InChI=1S/C24H33F3N2O6S/c1-15-12-20(28-36(2,31)32)21-14-35-18-7-4-16(5-8-18)17-6-9-19(24(25,26)27)22(13-17)33-10-3-11-34-23(30)29(15)21/h6,9,13,15-16,18,20-21,28H,3-5,7-8,10-12,14H2,1-2H3. The predicted octanol–water partition coefficient (Wildman–Crippen LogP) is 4.05. The van der Waals surface area contributed by atoms with Gasteiger partial charge in [-0.25, -0.2) is 17.9 Å². The number of nitrogens with zero attached hydrogens (tertiary/aromatic N) is 1. The van der Waals surface area contributed by atoms with E-state index in [2.05, 4.69) is 4.72 Å². The van der Waals surface area contributed by atoms with Crippen LogP contribution < -0.4 is 9.46 Å². The molecule has 4 aliphatic rings. The van der Waals surface area contributed by atoms with Gasteiger partial charge >= 0.3 is 12.3 Å². The summed E-state index contributed by atoms with van der Waals surface area (Å²) in [5.41, 5.74) is -0.0169. The molecule has 36 heavy (non-hydrogen) atoms. The molecule has 1 saturated heterocycles. The highest BCUT2D eigenvalue weighted by Crippen LogP contribution is 2.41. The van der Waals surface area contributed by atoms with E-state index < -0.39 is 39.9 Å². The second kappa shape index (κ2) is 10.7. The van der Waals surface area contributed by atoms with Crippen molar-refractivity contribution in [3.05, 3.63) is 29.3 Å². The number of hydrogen-bond donors (Lipinski definition) is 1. The monoisotopic (exact) mass is 534 g/mol. The van der Waals surface area contributed by atoms with Crippen LogP contribution in [0.15, 0.2) is 18.2 Å². The minimum absolute atomic E-state index is 0.0487. The van der Waals surface area contributed by atoms with Crippen LogP contribution in [-0.4, -0.2) is 69.7 Å². The molecule has 3 heterocycles. The molecule has 3 atom stereocenters. The first-order chi connectivity index (χ1) is 16.9. The van der Waals surface area contributed by atoms with Gasteiger partial charge < -0.3 is 14.2 Å². The van der Waals surface area contributed by atoms with Crippen molar-refractivity contribution in [2.24, 2.45) is 0 Å². The van der Waals surface area contributed by atoms with Crippen molar-refractivity contribution in [1.82, 2.24) is 9.62 Å². The number of rotatable bonds is 2. The Kier molecular flexibility index (Phi) is 8.06. The molecule has 1 aromatic carbocycles. The Balaban J connectivity index is 1.55. The minimum atomic E-state index is -4.54. The Hall–Kier alpha value is -2.05. The largest absolute Gasteiger partial charge is 0.493 e. The fraction of sp³-hybridized carbons (Fsp3) is 0.708. The number of hydrogen-bond acceptors (Lipinski definition) is 6. The fourth-order valence-corrected chi connectivity index (χ4v) is 6.29. The number of nitrogens with one attached hydrogen (secondary N) is 1. The lowest BCUT2D eigenvalue weighted by molar-refractivity contribution is -0.139. The number of ether oxygens (including phenoxy) is 3. The lowest BCUT2D eigenvalue weighted by atomic mass is 9.82. The van der Waals surface area contributed by atoms with Gasteiger partial charge in [0.1, 0.15) is 5.75 Å². The first kappa shape index (κ1) is 27.0. The van der Waals surface area contributed by atoms with Gasteiger partial charge in [-0.3, -0.25) is 4.90 Å². The number of carbonyl (C=O) groups is 1. The van der Waals surface area contributed by atoms with Crippen LogP contribution in [0, 0.1) is 0 Å². The summed E-state index contributed by atoms with van der Waals surface area (Å²) in [6, 6.07) is 2.76. The van der Waals surface area contributed by atoms with Gasteiger partial charge in [0.25, 0.3) is 0 Å². The van der Waals surface area contributed by atoms with Crippen LogP contribution in [-0.2, 0) is 25.7 Å². The van der Waals surface area contributed by atoms with Gasteiger partial charge in [0.15, 0.2) is 0 Å². The van der Waals surface area contributed by atoms with E-state index in [0.29, 0.717) is 19.3 Å². The Morgan fingerprint density at radius 2 is 1.78 bits per heavy atom. The summed E-state index contributed by atoms with van der Waals surface area (Å²) in [6.07, 6.45) is -0.637. The molecule has 202 valence electrons. The van der Waals surface area contributed by atoms with Crippen LogP contribution in [0.4, 0.5) is 18.0 Å². The van der Waals surface area contributed by atoms with Crippen LogP contribution >= 0.6 is 0 Å². The molecule has 1 aliphatic carbocycles. The Morgan fingerprint density at radius 1 is 1.08 bits per heavy atom. The van der Waals surface area contributed by atoms with Crippen molar-refractivity contribution >= 4 is 16.1 Å². The highest BCUT2D eigenvalue weighted by molar-refractivity contribution is 7.88. The van der Waals surface area contributed by atoms with Gasteiger partial charge in [0, 0.05) is 18.5 Å². The lowest BCUT2D eigenvalue weighted by Crippen LogP contribution is -2.50. The number of amides is 1. The van der Waals surface area contributed by atoms with Crippen LogP contribution in [0.25, 0.3) is 0 Å². The zero-order valence-electron chi connectivity index (χ0n) is 20.4. The molecule has 0 radical (unpaired) electrons. The molecule has 0 aromatic heterocycles. The van der Waals surface area contributed by atoms with Crippen molar-refractivity contribution in [1.29, 1.82) is 0 Å². The Morgan fingerprint density at radius 3 is 2.44 bits per heavy atom. The summed E-state index contributed by atoms with van der Waals surface area (Å²) in [6.45, 7) is 1.88. The predicted molar refractivity (Wildman–Crippen MR) is 125 cm³/mol. The second-order valence-electron chi connectivity index (χ2n) is 9.93. The smallest absolute Gasteiger partial charge is 0.419 e. The molecule has 3 unspecified atom stereocenters. The van der Waals surface area contributed by atoms with E-state index in [1.165, 1.54) is 17.0 Å². The third-order valence-corrected chi connectivity index (χ3v) is 7.93. The van der Waals surface area contributed by atoms with Crippen LogP contribution in [0.5, 0.6) is 5.75 Å². The van der Waals surface area contributed by atoms with E-state index in [1.807, 2.05) is 6.92 Å². The zero-order chi connectivity index (χ0) is 26.1. The van der Waals surface area contributed by atoms with Crippen molar-refractivity contribution in [3.63, 3.8) is 0 Å². The third kappa shape index (κ3) is 6.44. The van der Waals surface area contributed by atoms with Gasteiger partial charge in [-0.1, -0.05) is 6.07 Å². The van der Waals surface area contributed by atoms with Gasteiger partial charge in [0.2, 0.25) is 10.0 Å². The minimum Gasteiger partial charge on any atom is -0.493 e. The number of alkyl halides is 3. The number of benzene rings is 1. The molecule has 12 heteroatoms. The molecule has 2 fully saturated rings. The van der Waals surface area contributed by atoms with Crippen LogP contribution in [0.1, 0.15) is 62.5 Å². The van der Waals surface area contributed by atoms with Crippen molar-refractivity contribution < 1.29 is 40.6 Å². The maximum absolute atomic E-state index is 13.5. The summed E-state index contributed by atoms with van der Waals surface area (Å²) >= 11 is 0. The quantitative estimate of drug-likeness (QED) is 0.616. The van der Waals surface area contributed by atoms with Gasteiger partial charge in [0.05, 0.1) is 43.8 Å². The van der Waals surface area contributed by atoms with Crippen LogP contribution in [0.2, 0.25) is 0 Å². The molecular weight excluding hydrogens is 501 g/mol. The zero-order valence-corrected chi connectivity index (χ0v) is 21.2. The molecular formula is C24H33F3N2O6S. The van der Waals surface area contributed by atoms with E-state index in [4.69, 9.17) is 14.2 Å². The van der Waals surface area contributed by atoms with E-state index >= 15 is 0 Å². The third-order valence-electron chi connectivity index (χ3n) is 7.20. The molecule has 1 saturated carbocycles. The number of fused-ring (bicyclic) bond motifs is 8. The Labute approximate surface area is 209 Å². The average molecular weight is 535 g/mol. The summed E-state index contributed by atoms with van der Waals surface area (Å²) in [5, 5.41) is 0. The van der Waals surface area contributed by atoms with E-state index in [-0.39, 0.29) is 50.1 Å². The first-order valence-electron chi connectivity index (χ1n) is 12.3. The molecule has 3 aliphatic heterocycles. The first-order valence-corrected chi connectivity index (χ1v) is 14.2. The normalized spacial score (nSPS) is 30.3. The summed E-state index contributed by atoms with van der Waals surface area (Å²) in [4.78, 5) is 14.4. The maximum atomic E-state index is 13.5. The molecule has 8 nitrogen and oxygen atoms in total. The summed E-state index contributed by atoms with van der Waals surface area (Å²) in [7, 11) is -3.51. The fourth-order valence-electron chi connectivity index (χ4n) is 5.49. The lowest BCUT2D eigenvalue weighted by Gasteiger charge is -2.33. The van der Waals surface area contributed by atoms with Crippen molar-refractivity contribution in [2.75, 3.05) is 26.1 Å². The number of sulfonamides is 1. The maximum Gasteiger partial charge on any atom is 0.419 e. The van der Waals surface area contributed by atoms with Crippen LogP contribution in [0.3, 0.4) is 0 Å². The molecule has 1 amide bonds. The second-order valence-corrected chi connectivity index (χ2v) is 11.7. The summed E-state index contributed by atoms with van der Waals surface area (Å²) < 4.78 is 84.2. The van der Waals surface area contributed by atoms with E-state index in [9.17, 15) is 26.4 Å². The summed E-state index contributed by atoms with van der Waals surface area (Å²) in [5.74, 6) is -0.116. The highest BCUT2D eigenvalue weighted by atomic mass is 32.2. The molecule has 4 bridgehead atoms. The topological polar surface area (TPSA) is 94.2 Å². The molecule has 1 aromatic rings. The average Bonchev–Trinajstić information content (AvgIpc) is 3.09. The van der Waals surface area contributed by atoms with Crippen molar-refractivity contribution in [3.8, 4) is 5.75 Å². The SMILES string of the molecule is CC1CC(NS(C)(=O)=O)C2COC3CCC(CC3)c3ccc(C(F)(F)F)c(c3)OCCCOC(=O)N12. The number of carbonyl (C=O) groups excluding carboxylic acids is 1. The van der Waals surface area contributed by atoms with Gasteiger partial charge in [-0.2, -0.15) is 13.2 Å². The molecule has 5 rings (SSSR count). The molecule has 1 N–H and O–H groups in total. The van der Waals surface area contributed by atoms with Gasteiger partial charge in [-0.15, -0.1) is 0 Å². The highest BCUT2D eigenvalue weighted by Gasteiger charge is 2.44. The Bertz CT molecular complexity index is 1040.